The van der Waals surface area contributed by atoms with Gasteiger partial charge in [0.15, 0.2) is 5.82 Å². The van der Waals surface area contributed by atoms with Gasteiger partial charge in [-0.2, -0.15) is 0 Å². The lowest BCUT2D eigenvalue weighted by Gasteiger charge is -2.47. The monoisotopic (exact) mass is 374 g/mol. The number of nitrogens with zero attached hydrogens (tertiary/aromatic N) is 6. The van der Waals surface area contributed by atoms with Gasteiger partial charge in [0.2, 0.25) is 0 Å². The highest BCUT2D eigenvalue weighted by atomic mass is 16.2. The largest absolute Gasteiger partial charge is 0.355 e. The van der Waals surface area contributed by atoms with Gasteiger partial charge < -0.3 is 14.4 Å². The van der Waals surface area contributed by atoms with E-state index in [1.165, 1.54) is 5.69 Å². The van der Waals surface area contributed by atoms with Crippen LogP contribution in [-0.4, -0.2) is 50.0 Å². The van der Waals surface area contributed by atoms with E-state index in [4.69, 9.17) is 0 Å². The quantitative estimate of drug-likeness (QED) is 0.705. The molecule has 5 rings (SSSR count). The SMILES string of the molecule is CCCN1c2cccnc2-n2cccc2[C@@]12CCN(C(=O)c1cnccn1)C2. The van der Waals surface area contributed by atoms with Crippen molar-refractivity contribution in [3.8, 4) is 5.82 Å². The van der Waals surface area contributed by atoms with Gasteiger partial charge in [0.1, 0.15) is 11.2 Å². The second-order valence-electron chi connectivity index (χ2n) is 7.36. The Morgan fingerprint density at radius 2 is 2.11 bits per heavy atom. The number of amides is 1. The number of pyridine rings is 1. The average molecular weight is 374 g/mol. The first kappa shape index (κ1) is 16.9. The van der Waals surface area contributed by atoms with Crippen molar-refractivity contribution in [2.45, 2.75) is 25.3 Å². The van der Waals surface area contributed by atoms with Gasteiger partial charge in [-0.3, -0.25) is 9.78 Å². The van der Waals surface area contributed by atoms with Crippen molar-refractivity contribution in [2.75, 3.05) is 24.5 Å². The highest BCUT2D eigenvalue weighted by Gasteiger charge is 2.50. The number of aromatic nitrogens is 4. The molecule has 5 heterocycles. The molecule has 3 aromatic rings. The summed E-state index contributed by atoms with van der Waals surface area (Å²) in [4.78, 5) is 30.3. The predicted octanol–water partition coefficient (Wildman–Crippen LogP) is 2.63. The Kier molecular flexibility index (Phi) is 3.89. The summed E-state index contributed by atoms with van der Waals surface area (Å²) in [7, 11) is 0. The number of hydrogen-bond acceptors (Lipinski definition) is 5. The highest BCUT2D eigenvalue weighted by molar-refractivity contribution is 5.92. The maximum Gasteiger partial charge on any atom is 0.274 e. The molecule has 7 nitrogen and oxygen atoms in total. The lowest BCUT2D eigenvalue weighted by Crippen LogP contribution is -2.53. The van der Waals surface area contributed by atoms with E-state index >= 15 is 0 Å². The van der Waals surface area contributed by atoms with Crippen LogP contribution in [0.2, 0.25) is 0 Å². The van der Waals surface area contributed by atoms with E-state index in [0.717, 1.165) is 30.9 Å². The molecule has 1 fully saturated rings. The minimum Gasteiger partial charge on any atom is -0.355 e. The summed E-state index contributed by atoms with van der Waals surface area (Å²) in [6, 6.07) is 8.35. The van der Waals surface area contributed by atoms with Gasteiger partial charge in [-0.25, -0.2) is 9.97 Å². The third kappa shape index (κ3) is 2.35. The zero-order valence-corrected chi connectivity index (χ0v) is 15.8. The van der Waals surface area contributed by atoms with E-state index < -0.39 is 0 Å². The number of anilines is 1. The molecule has 1 spiro atoms. The van der Waals surface area contributed by atoms with Crippen LogP contribution in [0.5, 0.6) is 0 Å². The molecule has 0 bridgehead atoms. The zero-order chi connectivity index (χ0) is 19.1. The van der Waals surface area contributed by atoms with Crippen LogP contribution < -0.4 is 4.90 Å². The van der Waals surface area contributed by atoms with Crippen molar-refractivity contribution < 1.29 is 4.79 Å². The Labute approximate surface area is 163 Å². The fraction of sp³-hybridized carbons (Fsp3) is 0.333. The van der Waals surface area contributed by atoms with E-state index in [9.17, 15) is 4.79 Å². The summed E-state index contributed by atoms with van der Waals surface area (Å²) in [5, 5.41) is 0. The molecule has 0 saturated carbocycles. The van der Waals surface area contributed by atoms with Crippen molar-refractivity contribution in [3.63, 3.8) is 0 Å². The van der Waals surface area contributed by atoms with Gasteiger partial charge in [-0.1, -0.05) is 6.92 Å². The molecule has 0 radical (unpaired) electrons. The molecule has 0 unspecified atom stereocenters. The fourth-order valence-corrected chi connectivity index (χ4v) is 4.62. The summed E-state index contributed by atoms with van der Waals surface area (Å²) in [5.74, 6) is 0.900. The van der Waals surface area contributed by atoms with Crippen LogP contribution in [0.3, 0.4) is 0 Å². The Balaban J connectivity index is 1.58. The van der Waals surface area contributed by atoms with E-state index in [2.05, 4.69) is 55.7 Å². The molecule has 0 N–H and O–H groups in total. The molecule has 142 valence electrons. The second kappa shape index (κ2) is 6.44. The van der Waals surface area contributed by atoms with Crippen molar-refractivity contribution in [1.82, 2.24) is 24.4 Å². The van der Waals surface area contributed by atoms with Gasteiger partial charge in [-0.15, -0.1) is 0 Å². The maximum absolute atomic E-state index is 13.0. The molecule has 2 aliphatic heterocycles. The second-order valence-corrected chi connectivity index (χ2v) is 7.36. The van der Waals surface area contributed by atoms with Crippen LogP contribution in [0.4, 0.5) is 5.69 Å². The molecule has 28 heavy (non-hydrogen) atoms. The summed E-state index contributed by atoms with van der Waals surface area (Å²) in [6.07, 6.45) is 10.5. The number of rotatable bonds is 3. The summed E-state index contributed by atoms with van der Waals surface area (Å²) in [5.41, 5.74) is 2.46. The number of carbonyl (C=O) groups excluding carboxylic acids is 1. The van der Waals surface area contributed by atoms with Crippen molar-refractivity contribution >= 4 is 11.6 Å². The van der Waals surface area contributed by atoms with Gasteiger partial charge in [0.05, 0.1) is 17.6 Å². The van der Waals surface area contributed by atoms with Gasteiger partial charge in [-0.05, 0) is 37.1 Å². The van der Waals surface area contributed by atoms with Crippen LogP contribution in [-0.2, 0) is 5.54 Å². The number of carbonyl (C=O) groups is 1. The summed E-state index contributed by atoms with van der Waals surface area (Å²) in [6.45, 7) is 4.42. The van der Waals surface area contributed by atoms with Crippen LogP contribution in [0.15, 0.2) is 55.2 Å². The van der Waals surface area contributed by atoms with Crippen LogP contribution in [0.25, 0.3) is 5.82 Å². The molecule has 0 aromatic carbocycles. The molecular formula is C21H22N6O. The van der Waals surface area contributed by atoms with Crippen LogP contribution in [0.1, 0.15) is 35.9 Å². The minimum atomic E-state index is -0.257. The first-order chi connectivity index (χ1) is 13.7. The Hall–Kier alpha value is -3.22. The average Bonchev–Trinajstić information content (AvgIpc) is 3.40. The van der Waals surface area contributed by atoms with Crippen molar-refractivity contribution in [1.29, 1.82) is 0 Å². The molecule has 0 aliphatic carbocycles. The lowest BCUT2D eigenvalue weighted by atomic mass is 9.88. The first-order valence-electron chi connectivity index (χ1n) is 9.71. The molecule has 2 aliphatic rings. The number of likely N-dealkylation sites (tertiary alicyclic amines) is 1. The zero-order valence-electron chi connectivity index (χ0n) is 15.8. The Bertz CT molecular complexity index is 1020. The maximum atomic E-state index is 13.0. The van der Waals surface area contributed by atoms with Gasteiger partial charge in [0, 0.05) is 44.4 Å². The predicted molar refractivity (Wildman–Crippen MR) is 105 cm³/mol. The molecular weight excluding hydrogens is 352 g/mol. The third-order valence-corrected chi connectivity index (χ3v) is 5.79. The van der Waals surface area contributed by atoms with Gasteiger partial charge >= 0.3 is 0 Å². The molecule has 1 saturated heterocycles. The fourth-order valence-electron chi connectivity index (χ4n) is 4.62. The molecule has 1 atom stereocenters. The van der Waals surface area contributed by atoms with Crippen LogP contribution in [0, 0.1) is 0 Å². The number of hydrogen-bond donors (Lipinski definition) is 0. The highest BCUT2D eigenvalue weighted by Crippen LogP contribution is 2.47. The van der Waals surface area contributed by atoms with E-state index in [1.54, 1.807) is 18.6 Å². The van der Waals surface area contributed by atoms with Crippen LogP contribution >= 0.6 is 0 Å². The van der Waals surface area contributed by atoms with E-state index in [-0.39, 0.29) is 11.4 Å². The smallest absolute Gasteiger partial charge is 0.274 e. The lowest BCUT2D eigenvalue weighted by molar-refractivity contribution is 0.0775. The number of fused-ring (bicyclic) bond motifs is 4. The Morgan fingerprint density at radius 1 is 1.18 bits per heavy atom. The molecule has 7 heteroatoms. The minimum absolute atomic E-state index is 0.0588. The van der Waals surface area contributed by atoms with Crippen molar-refractivity contribution in [3.05, 3.63) is 66.6 Å². The Morgan fingerprint density at radius 3 is 2.93 bits per heavy atom. The molecule has 1 amide bonds. The molecule has 3 aromatic heterocycles. The first-order valence-corrected chi connectivity index (χ1v) is 9.71. The van der Waals surface area contributed by atoms with Crippen molar-refractivity contribution in [2.24, 2.45) is 0 Å². The van der Waals surface area contributed by atoms with E-state index in [0.29, 0.717) is 18.8 Å². The standard InChI is InChI=1S/C21H22N6O/c1-2-11-27-17-5-3-8-24-19(17)26-12-4-6-18(26)21(27)7-13-25(15-21)20(28)16-14-22-9-10-23-16/h3-6,8-10,12,14H,2,7,11,13,15H2,1H3/t21-/m0/s1. The van der Waals surface area contributed by atoms with E-state index in [1.807, 2.05) is 17.2 Å². The summed E-state index contributed by atoms with van der Waals surface area (Å²) < 4.78 is 2.18. The normalized spacial score (nSPS) is 20.3. The summed E-state index contributed by atoms with van der Waals surface area (Å²) >= 11 is 0. The topological polar surface area (TPSA) is 67.2 Å². The third-order valence-electron chi connectivity index (χ3n) is 5.79. The van der Waals surface area contributed by atoms with Gasteiger partial charge in [0.25, 0.3) is 5.91 Å².